The zero-order chi connectivity index (χ0) is 95.5. The lowest BCUT2D eigenvalue weighted by atomic mass is 9.98. The molecule has 1 saturated carbocycles. The Hall–Kier alpha value is -18.3. The molecule has 678 valence electrons. The number of rotatable bonds is 13. The van der Waals surface area contributed by atoms with Crippen molar-refractivity contribution in [2.45, 2.75) is 108 Å². The van der Waals surface area contributed by atoms with E-state index < -0.39 is 11.4 Å². The number of nitrogens with two attached hydrogens (primary N) is 4. The molecular weight excluding hydrogens is 1740 g/mol. The molecule has 1 aliphatic rings. The van der Waals surface area contributed by atoms with Crippen molar-refractivity contribution in [3.05, 3.63) is 311 Å². The van der Waals surface area contributed by atoms with Crippen LogP contribution in [0.3, 0.4) is 0 Å². The molecule has 137 heavy (non-hydrogen) atoms. The zero-order valence-electron chi connectivity index (χ0n) is 76.0. The molecule has 21 aromatic rings. The maximum absolute atomic E-state index is 14.7. The van der Waals surface area contributed by atoms with Crippen LogP contribution >= 0.6 is 0 Å². The maximum Gasteiger partial charge on any atom is 0.284 e. The number of hydrogen-bond donors (Lipinski definition) is 4. The summed E-state index contributed by atoms with van der Waals surface area (Å²) in [5, 5.41) is 21.8. The van der Waals surface area contributed by atoms with E-state index in [-0.39, 0.29) is 65.6 Å². The van der Waals surface area contributed by atoms with Gasteiger partial charge in [0, 0.05) is 54.9 Å². The molecule has 0 saturated heterocycles. The molecule has 38 nitrogen and oxygen atoms in total. The summed E-state index contributed by atoms with van der Waals surface area (Å²) in [6.07, 6.45) is 17.6. The van der Waals surface area contributed by atoms with Gasteiger partial charge >= 0.3 is 0 Å². The summed E-state index contributed by atoms with van der Waals surface area (Å²) in [6, 6.07) is 38.3. The second-order valence-corrected chi connectivity index (χ2v) is 33.9. The summed E-state index contributed by atoms with van der Waals surface area (Å²) in [6.45, 7) is 20.0. The molecule has 39 heteroatoms. The monoisotopic (exact) mass is 1820 g/mol. The zero-order valence-corrected chi connectivity index (χ0v) is 76.0. The van der Waals surface area contributed by atoms with E-state index in [0.717, 1.165) is 63.3 Å². The standard InChI is InChI=1S/C27H26N8O.C26H21N9O.C25H23N9O.C20H15FN8O/c1-16-8-6-7-9-19(16)35-20(32-24-21(26(35)36)17(2)11-13-29-24)14-34-25-22(23(28)30-15-31-25)18(33-34)10-12-27(3,4)5;1-15-6-3-4-8-18(15)35-19(32-24-20(26(35)36)16(2)9-11-29-24)13-34-25-21(23(27)30-14-31-25)22(33-34)17-7-5-10-28-12-17;1-14-6-4-5-7-18(14)34-19(29-21-15(2)30-32(3)22(21)25(34)35)12-33-24-20(23(26)27-13-28-24)17(31-33)11-10-16-8-9-16;1-11-6-7-23-18-15(11)20(30)29(13-5-3-2-4-12(13)21)14(27-18)8-28-10-26-16-17(22)24-9-25-19(16)28/h6-9,11,13,15H,14H2,1-5H3,(H2,28,30,31);3-12,14H,13H2,1-2H3,(H2,27,30,31);4-7,13,16H,8-9,12H2,1-3H3,(H2,26,27,28);2-7,9-10H,8H2,1H3,(H2,22,24,25). The third-order valence-electron chi connectivity index (χ3n) is 23.2. The van der Waals surface area contributed by atoms with E-state index in [2.05, 4.69) is 98.6 Å². The van der Waals surface area contributed by atoms with Crippen LogP contribution in [0.4, 0.5) is 27.7 Å². The lowest BCUT2D eigenvalue weighted by Crippen LogP contribution is -2.27. The molecule has 1 fully saturated rings. The lowest BCUT2D eigenvalue weighted by molar-refractivity contribution is 0.570. The molecule has 0 unspecified atom stereocenters. The first kappa shape index (κ1) is 88.0. The molecule has 0 amide bonds. The van der Waals surface area contributed by atoms with Gasteiger partial charge in [-0.1, -0.05) is 78.6 Å². The Kier molecular flexibility index (Phi) is 23.0. The van der Waals surface area contributed by atoms with Gasteiger partial charge in [-0.25, -0.2) is 98.2 Å². The number of benzene rings is 4. The average molecular weight is 1820 g/mol. The summed E-state index contributed by atoms with van der Waals surface area (Å²) < 4.78 is 29.1. The minimum atomic E-state index is -0.536. The summed E-state index contributed by atoms with van der Waals surface area (Å²) in [5.41, 5.74) is 38.5. The van der Waals surface area contributed by atoms with E-state index >= 15 is 0 Å². The van der Waals surface area contributed by atoms with E-state index in [4.69, 9.17) is 53.2 Å². The number of anilines is 4. The van der Waals surface area contributed by atoms with Gasteiger partial charge in [-0.2, -0.15) is 20.4 Å². The minimum Gasteiger partial charge on any atom is -0.383 e. The molecule has 0 spiro atoms. The van der Waals surface area contributed by atoms with Crippen LogP contribution in [0.1, 0.15) is 107 Å². The fourth-order valence-electron chi connectivity index (χ4n) is 16.3. The summed E-state index contributed by atoms with van der Waals surface area (Å²) in [4.78, 5) is 129. The Morgan fingerprint density at radius 3 is 1.30 bits per heavy atom. The van der Waals surface area contributed by atoms with Gasteiger partial charge in [0.1, 0.15) is 120 Å². The van der Waals surface area contributed by atoms with Crippen molar-refractivity contribution in [1.82, 2.24) is 147 Å². The molecule has 4 aromatic carbocycles. The number of aromatic nitrogens is 30. The van der Waals surface area contributed by atoms with Gasteiger partial charge in [-0.15, -0.1) is 0 Å². The van der Waals surface area contributed by atoms with Crippen LogP contribution < -0.4 is 45.2 Å². The highest BCUT2D eigenvalue weighted by Gasteiger charge is 2.29. The Labute approximate surface area is 776 Å². The fourth-order valence-corrected chi connectivity index (χ4v) is 16.3. The van der Waals surface area contributed by atoms with E-state index in [1.807, 2.05) is 159 Å². The maximum atomic E-state index is 14.7. The van der Waals surface area contributed by atoms with Crippen LogP contribution in [0.15, 0.2) is 209 Å². The highest BCUT2D eigenvalue weighted by atomic mass is 19.1. The third-order valence-corrected chi connectivity index (χ3v) is 23.2. The Morgan fingerprint density at radius 1 is 0.401 bits per heavy atom. The number of halogens is 1. The molecule has 22 rings (SSSR count). The number of hydrogen-bond acceptors (Lipinski definition) is 29. The molecule has 17 heterocycles. The minimum absolute atomic E-state index is 0.0993. The van der Waals surface area contributed by atoms with Gasteiger partial charge in [0.15, 0.2) is 50.9 Å². The van der Waals surface area contributed by atoms with Gasteiger partial charge in [0.25, 0.3) is 22.2 Å². The topological polar surface area (TPSA) is 487 Å². The van der Waals surface area contributed by atoms with Crippen molar-refractivity contribution in [2.24, 2.45) is 18.4 Å². The number of imidazole rings is 1. The highest BCUT2D eigenvalue weighted by molar-refractivity contribution is 5.98. The number of nitrogens with zero attached hydrogens (tertiary/aromatic N) is 30. The normalized spacial score (nSPS) is 11.9. The van der Waals surface area contributed by atoms with Crippen molar-refractivity contribution >= 4 is 112 Å². The van der Waals surface area contributed by atoms with Crippen LogP contribution in [0.2, 0.25) is 0 Å². The molecule has 0 atom stereocenters. The largest absolute Gasteiger partial charge is 0.383 e. The van der Waals surface area contributed by atoms with E-state index in [1.54, 1.807) is 100 Å². The average Bonchev–Trinajstić information content (AvgIpc) is 1.72. The summed E-state index contributed by atoms with van der Waals surface area (Å²) in [7, 11) is 1.76. The van der Waals surface area contributed by atoms with Crippen LogP contribution in [0, 0.1) is 89.3 Å². The van der Waals surface area contributed by atoms with Crippen LogP contribution in [0.25, 0.3) is 122 Å². The highest BCUT2D eigenvalue weighted by Crippen LogP contribution is 2.34. The van der Waals surface area contributed by atoms with Crippen molar-refractivity contribution in [3.8, 4) is 57.7 Å². The van der Waals surface area contributed by atoms with Gasteiger partial charge in [0.05, 0.1) is 73.6 Å². The Balaban J connectivity index is 0.000000117. The van der Waals surface area contributed by atoms with Crippen LogP contribution in [-0.2, 0) is 33.2 Å². The van der Waals surface area contributed by atoms with Crippen molar-refractivity contribution < 1.29 is 4.39 Å². The lowest BCUT2D eigenvalue weighted by Gasteiger charge is -2.16. The van der Waals surface area contributed by atoms with Crippen molar-refractivity contribution in [3.63, 3.8) is 0 Å². The second-order valence-electron chi connectivity index (χ2n) is 33.9. The van der Waals surface area contributed by atoms with Gasteiger partial charge in [-0.05, 0) is 188 Å². The van der Waals surface area contributed by atoms with E-state index in [9.17, 15) is 23.6 Å². The van der Waals surface area contributed by atoms with Crippen LogP contribution in [0.5, 0.6) is 0 Å². The van der Waals surface area contributed by atoms with E-state index in [0.29, 0.717) is 158 Å². The number of fused-ring (bicyclic) bond motifs is 8. The van der Waals surface area contributed by atoms with Gasteiger partial charge < -0.3 is 27.5 Å². The number of nitrogen functional groups attached to an aromatic ring is 4. The molecule has 0 aliphatic heterocycles. The molecule has 17 aromatic heterocycles. The quantitative estimate of drug-likeness (QED) is 0.0779. The van der Waals surface area contributed by atoms with Crippen molar-refractivity contribution in [1.29, 1.82) is 0 Å². The molecule has 1 aliphatic carbocycles. The second kappa shape index (κ2) is 35.8. The molecular formula is C98H85FN34O4. The first-order valence-corrected chi connectivity index (χ1v) is 43.4. The smallest absolute Gasteiger partial charge is 0.284 e. The predicted molar refractivity (Wildman–Crippen MR) is 517 cm³/mol. The molecule has 0 radical (unpaired) electrons. The predicted octanol–water partition coefficient (Wildman–Crippen LogP) is 11.1. The number of para-hydroxylation sites is 4. The first-order valence-electron chi connectivity index (χ1n) is 43.4. The third kappa shape index (κ3) is 16.8. The molecule has 0 bridgehead atoms. The van der Waals surface area contributed by atoms with Gasteiger partial charge in [-0.3, -0.25) is 47.1 Å². The first-order chi connectivity index (χ1) is 66.1. The van der Waals surface area contributed by atoms with Crippen molar-refractivity contribution in [2.75, 3.05) is 22.9 Å². The Morgan fingerprint density at radius 2 is 0.825 bits per heavy atom. The van der Waals surface area contributed by atoms with E-state index in [1.165, 1.54) is 48.3 Å². The molecule has 8 N–H and O–H groups in total. The Bertz CT molecular complexity index is 8880. The van der Waals surface area contributed by atoms with Crippen LogP contribution in [-0.4, -0.2) is 147 Å². The van der Waals surface area contributed by atoms with Gasteiger partial charge in [0.2, 0.25) is 0 Å². The number of aryl methyl sites for hydroxylation is 8. The fraction of sp³-hybridized carbons (Fsp3) is 0.194. The summed E-state index contributed by atoms with van der Waals surface area (Å²) >= 11 is 0. The summed E-state index contributed by atoms with van der Waals surface area (Å²) in [5.74, 6) is 15.5. The SMILES string of the molecule is Cc1ccccc1-n1c(Cn2nc(-c3cccnc3)c3c(N)ncnc32)nc2nccc(C)c2c1=O.Cc1ccccc1-n1c(Cn2nc(C#CC(C)(C)C)c3c(N)ncnc32)nc2nccc(C)c2c1=O.Cc1ccccc1-n1c(Cn2nc(C#CC3CC3)c3c(N)ncnc32)nc2c(C)nn(C)c2c1=O.Cc1ccnc2nc(Cn3cnc4c(N)ncnc43)n(-c3ccccc3F)c(=O)c12. The number of pyridine rings is 4.